The van der Waals surface area contributed by atoms with Crippen LogP contribution in [0.4, 0.5) is 28.1 Å². The lowest BCUT2D eigenvalue weighted by molar-refractivity contribution is 0.0990. The van der Waals surface area contributed by atoms with E-state index in [1.165, 1.54) is 22.5 Å². The molecule has 4 heterocycles. The molecule has 1 aromatic carbocycles. The van der Waals surface area contributed by atoms with Gasteiger partial charge in [-0.1, -0.05) is 0 Å². The lowest BCUT2D eigenvalue weighted by atomic mass is 9.99. The number of aromatic nitrogens is 3. The van der Waals surface area contributed by atoms with E-state index in [0.717, 1.165) is 41.0 Å². The van der Waals surface area contributed by atoms with Gasteiger partial charge in [0.1, 0.15) is 16.4 Å². The zero-order chi connectivity index (χ0) is 22.6. The second-order valence-corrected chi connectivity index (χ2v) is 9.33. The fourth-order valence-electron chi connectivity index (χ4n) is 4.17. The number of aryl methyl sites for hydroxylation is 1. The summed E-state index contributed by atoms with van der Waals surface area (Å²) < 4.78 is 5.64. The monoisotopic (exact) mass is 451 g/mol. The number of nitrogens with zero attached hydrogens (tertiary/aromatic N) is 6. The molecule has 10 heteroatoms. The Hall–Kier alpha value is -3.24. The van der Waals surface area contributed by atoms with Crippen LogP contribution in [0.2, 0.25) is 0 Å². The Morgan fingerprint density at radius 2 is 1.94 bits per heavy atom. The average molecular weight is 452 g/mol. The van der Waals surface area contributed by atoms with E-state index in [-0.39, 0.29) is 5.91 Å². The number of carbonyl (C=O) groups is 1. The van der Waals surface area contributed by atoms with Gasteiger partial charge in [-0.2, -0.15) is 4.98 Å². The normalized spacial score (nSPS) is 15.7. The predicted octanol–water partition coefficient (Wildman–Crippen LogP) is 3.34. The van der Waals surface area contributed by atoms with Gasteiger partial charge in [-0.25, -0.2) is 9.97 Å². The predicted molar refractivity (Wildman–Crippen MR) is 126 cm³/mol. The summed E-state index contributed by atoms with van der Waals surface area (Å²) in [7, 11) is 7.41. The van der Waals surface area contributed by atoms with Gasteiger partial charge in [0.25, 0.3) is 5.91 Å². The number of thiazole rings is 1. The van der Waals surface area contributed by atoms with Crippen molar-refractivity contribution < 1.29 is 9.53 Å². The van der Waals surface area contributed by atoms with Crippen LogP contribution in [0.15, 0.2) is 18.3 Å². The van der Waals surface area contributed by atoms with Gasteiger partial charge in [-0.15, -0.1) is 11.3 Å². The Labute approximate surface area is 190 Å². The topological polar surface area (TPSA) is 86.7 Å². The highest BCUT2D eigenvalue weighted by molar-refractivity contribution is 7.16. The number of likely N-dealkylation sites (N-methyl/N-ethyl adjacent to an activating group) is 1. The molecule has 32 heavy (non-hydrogen) atoms. The van der Waals surface area contributed by atoms with E-state index in [9.17, 15) is 4.79 Å². The summed E-state index contributed by atoms with van der Waals surface area (Å²) in [5.41, 5.74) is 4.46. The van der Waals surface area contributed by atoms with Crippen molar-refractivity contribution in [1.82, 2.24) is 19.9 Å². The van der Waals surface area contributed by atoms with E-state index in [1.54, 1.807) is 25.3 Å². The number of methoxy groups -OCH3 is 1. The van der Waals surface area contributed by atoms with Gasteiger partial charge in [0.05, 0.1) is 24.0 Å². The van der Waals surface area contributed by atoms with Crippen molar-refractivity contribution in [3.05, 3.63) is 40.2 Å². The second kappa shape index (κ2) is 7.72. The van der Waals surface area contributed by atoms with Gasteiger partial charge >= 0.3 is 0 Å². The Balaban J connectivity index is 1.54. The molecule has 0 atom stereocenters. The minimum atomic E-state index is -0.167. The van der Waals surface area contributed by atoms with Crippen LogP contribution in [-0.4, -0.2) is 60.6 Å². The van der Waals surface area contributed by atoms with Gasteiger partial charge < -0.3 is 24.8 Å². The fourth-order valence-corrected chi connectivity index (χ4v) is 5.04. The molecule has 0 fully saturated rings. The van der Waals surface area contributed by atoms with E-state index in [4.69, 9.17) is 9.72 Å². The van der Waals surface area contributed by atoms with Gasteiger partial charge in [-0.3, -0.25) is 4.79 Å². The summed E-state index contributed by atoms with van der Waals surface area (Å²) in [6.45, 7) is 3.82. The van der Waals surface area contributed by atoms with Crippen LogP contribution in [0.5, 0.6) is 5.75 Å². The highest BCUT2D eigenvalue weighted by Gasteiger charge is 2.32. The molecule has 3 aromatic rings. The van der Waals surface area contributed by atoms with E-state index in [0.29, 0.717) is 23.1 Å². The molecular formula is C22H25N7O2S. The largest absolute Gasteiger partial charge is 0.495 e. The van der Waals surface area contributed by atoms with Gasteiger partial charge in [0.15, 0.2) is 11.5 Å². The molecule has 0 unspecified atom stereocenters. The Bertz CT molecular complexity index is 1230. The molecule has 0 aliphatic carbocycles. The van der Waals surface area contributed by atoms with E-state index < -0.39 is 0 Å². The summed E-state index contributed by atoms with van der Waals surface area (Å²) >= 11 is 1.47. The number of rotatable bonds is 3. The van der Waals surface area contributed by atoms with E-state index in [2.05, 4.69) is 39.4 Å². The molecule has 2 aliphatic rings. The number of hydrogen-bond donors (Lipinski definition) is 1. The first-order valence-corrected chi connectivity index (χ1v) is 11.2. The molecule has 0 radical (unpaired) electrons. The van der Waals surface area contributed by atoms with Crippen LogP contribution in [0, 0.1) is 6.92 Å². The van der Waals surface area contributed by atoms with Crippen LogP contribution in [0.25, 0.3) is 0 Å². The molecular weight excluding hydrogens is 426 g/mol. The molecule has 9 nitrogen and oxygen atoms in total. The van der Waals surface area contributed by atoms with E-state index in [1.807, 2.05) is 18.9 Å². The second-order valence-electron chi connectivity index (χ2n) is 8.15. The maximum Gasteiger partial charge on any atom is 0.279 e. The first-order valence-electron chi connectivity index (χ1n) is 10.4. The highest BCUT2D eigenvalue weighted by atomic mass is 32.1. The van der Waals surface area contributed by atoms with Crippen molar-refractivity contribution in [3.8, 4) is 5.75 Å². The summed E-state index contributed by atoms with van der Waals surface area (Å²) in [5, 5.41) is 4.94. The fraction of sp³-hybridized carbons (Fsp3) is 0.364. The van der Waals surface area contributed by atoms with Crippen LogP contribution in [0.3, 0.4) is 0 Å². The highest BCUT2D eigenvalue weighted by Crippen LogP contribution is 2.41. The van der Waals surface area contributed by atoms with Crippen molar-refractivity contribution in [3.63, 3.8) is 0 Å². The Kier molecular flexibility index (Phi) is 4.98. The van der Waals surface area contributed by atoms with Crippen molar-refractivity contribution in [2.45, 2.75) is 19.9 Å². The van der Waals surface area contributed by atoms with Gasteiger partial charge in [0, 0.05) is 27.2 Å². The molecule has 166 valence electrons. The average Bonchev–Trinajstić information content (AvgIpc) is 3.16. The minimum absolute atomic E-state index is 0.167. The number of carbonyl (C=O) groups excluding carboxylic acids is 1. The van der Waals surface area contributed by atoms with Crippen LogP contribution < -0.4 is 19.9 Å². The van der Waals surface area contributed by atoms with E-state index >= 15 is 0 Å². The summed E-state index contributed by atoms with van der Waals surface area (Å²) in [5.74, 6) is 1.66. The summed E-state index contributed by atoms with van der Waals surface area (Å²) in [6.07, 6.45) is 2.67. The number of amides is 1. The molecule has 2 aliphatic heterocycles. The molecule has 1 amide bonds. The first kappa shape index (κ1) is 20.7. The third-order valence-electron chi connectivity index (χ3n) is 5.93. The van der Waals surface area contributed by atoms with Crippen molar-refractivity contribution in [2.24, 2.45) is 0 Å². The van der Waals surface area contributed by atoms with Crippen molar-refractivity contribution >= 4 is 45.4 Å². The number of fused-ring (bicyclic) bond motifs is 3. The van der Waals surface area contributed by atoms with Gasteiger partial charge in [0.2, 0.25) is 5.95 Å². The number of benzene rings is 1. The number of ether oxygens (including phenoxy) is 1. The van der Waals surface area contributed by atoms with Crippen LogP contribution in [0.1, 0.15) is 26.6 Å². The molecule has 1 N–H and O–H groups in total. The maximum absolute atomic E-state index is 12.9. The van der Waals surface area contributed by atoms with Gasteiger partial charge in [-0.05, 0) is 43.7 Å². The lowest BCUT2D eigenvalue weighted by Crippen LogP contribution is -2.26. The number of hydrogen-bond acceptors (Lipinski definition) is 9. The smallest absolute Gasteiger partial charge is 0.279 e. The van der Waals surface area contributed by atoms with Crippen LogP contribution >= 0.6 is 11.3 Å². The zero-order valence-electron chi connectivity index (χ0n) is 18.8. The minimum Gasteiger partial charge on any atom is -0.495 e. The molecule has 0 saturated heterocycles. The molecule has 0 bridgehead atoms. The SMILES string of the molecule is COc1cc2c(cc1Nc1ncc3c(n1)N(C)c1sc(C)nc1C(=O)N3C)CN(C)CC2. The first-order chi connectivity index (χ1) is 15.4. The number of nitrogens with one attached hydrogen (secondary N) is 1. The third kappa shape index (κ3) is 3.35. The standard InChI is InChI=1S/C22H25N7O2S/c1-12-24-18-20(30)28(3)16-10-23-22(26-19(16)29(4)21(18)32-12)25-15-8-14-11-27(2)7-6-13(14)9-17(15)31-5/h8-10H,6-7,11H2,1-5H3,(H,23,25,26). The number of anilines is 5. The molecule has 0 spiro atoms. The molecule has 5 rings (SSSR count). The lowest BCUT2D eigenvalue weighted by Gasteiger charge is -2.26. The molecule has 2 aromatic heterocycles. The molecule has 0 saturated carbocycles. The zero-order valence-corrected chi connectivity index (χ0v) is 19.6. The summed E-state index contributed by atoms with van der Waals surface area (Å²) in [6, 6.07) is 4.21. The Morgan fingerprint density at radius 1 is 1.12 bits per heavy atom. The van der Waals surface area contributed by atoms with Crippen molar-refractivity contribution in [1.29, 1.82) is 0 Å². The third-order valence-corrected chi connectivity index (χ3v) is 6.98. The van der Waals surface area contributed by atoms with Crippen molar-refractivity contribution in [2.75, 3.05) is 49.9 Å². The van der Waals surface area contributed by atoms with Crippen LogP contribution in [-0.2, 0) is 13.0 Å². The summed E-state index contributed by atoms with van der Waals surface area (Å²) in [4.78, 5) is 32.4. The Morgan fingerprint density at radius 3 is 2.72 bits per heavy atom. The maximum atomic E-state index is 12.9. The quantitative estimate of drug-likeness (QED) is 0.649.